The van der Waals surface area contributed by atoms with Crippen molar-refractivity contribution in [3.63, 3.8) is 0 Å². The molecule has 16 heavy (non-hydrogen) atoms. The van der Waals surface area contributed by atoms with E-state index >= 15 is 0 Å². The summed E-state index contributed by atoms with van der Waals surface area (Å²) in [6.45, 7) is 9.30. The van der Waals surface area contributed by atoms with E-state index in [0.29, 0.717) is 17.9 Å². The third kappa shape index (κ3) is 3.14. The van der Waals surface area contributed by atoms with E-state index in [1.54, 1.807) is 0 Å². The van der Waals surface area contributed by atoms with Crippen LogP contribution >= 0.6 is 11.8 Å². The third-order valence-electron chi connectivity index (χ3n) is 3.34. The van der Waals surface area contributed by atoms with Gasteiger partial charge in [-0.25, -0.2) is 0 Å². The fourth-order valence-electron chi connectivity index (χ4n) is 1.97. The second kappa shape index (κ2) is 6.50. The topological polar surface area (TPSA) is 32.3 Å². The van der Waals surface area contributed by atoms with Crippen molar-refractivity contribution in [3.05, 3.63) is 0 Å². The van der Waals surface area contributed by atoms with Crippen molar-refractivity contribution in [1.82, 2.24) is 10.2 Å². The molecule has 0 aromatic heterocycles. The summed E-state index contributed by atoms with van der Waals surface area (Å²) >= 11 is 1.90. The van der Waals surface area contributed by atoms with Crippen molar-refractivity contribution in [2.75, 3.05) is 18.2 Å². The molecular weight excluding hydrogens is 220 g/mol. The van der Waals surface area contributed by atoms with Crippen molar-refractivity contribution >= 4 is 17.7 Å². The first-order valence-corrected chi connectivity index (χ1v) is 7.38. The van der Waals surface area contributed by atoms with Crippen LogP contribution in [0.25, 0.3) is 0 Å². The molecule has 4 heteroatoms. The minimum Gasteiger partial charge on any atom is -0.325 e. The SMILES string of the molecule is CCSCC(C)N1CNC(C(C)CC)C1=O. The molecule has 0 spiro atoms. The standard InChI is InChI=1S/C12H24N2OS/c1-5-9(3)11-12(15)14(8-13-11)10(4)7-16-6-2/h9-11,13H,5-8H2,1-4H3. The Morgan fingerprint density at radius 1 is 1.50 bits per heavy atom. The Morgan fingerprint density at radius 3 is 2.75 bits per heavy atom. The maximum atomic E-state index is 12.2. The first-order valence-electron chi connectivity index (χ1n) is 6.23. The highest BCUT2D eigenvalue weighted by Gasteiger charge is 2.36. The Bertz CT molecular complexity index is 235. The Balaban J connectivity index is 2.49. The van der Waals surface area contributed by atoms with Gasteiger partial charge in [0.15, 0.2) is 0 Å². The van der Waals surface area contributed by atoms with E-state index in [4.69, 9.17) is 0 Å². The van der Waals surface area contributed by atoms with E-state index < -0.39 is 0 Å². The van der Waals surface area contributed by atoms with Crippen LogP contribution < -0.4 is 5.32 Å². The highest BCUT2D eigenvalue weighted by Crippen LogP contribution is 2.18. The van der Waals surface area contributed by atoms with Crippen LogP contribution in [0.15, 0.2) is 0 Å². The van der Waals surface area contributed by atoms with Gasteiger partial charge in [0.25, 0.3) is 0 Å². The van der Waals surface area contributed by atoms with E-state index in [2.05, 4.69) is 33.0 Å². The lowest BCUT2D eigenvalue weighted by molar-refractivity contribution is -0.131. The van der Waals surface area contributed by atoms with Gasteiger partial charge in [-0.1, -0.05) is 27.2 Å². The van der Waals surface area contributed by atoms with Gasteiger partial charge in [0.1, 0.15) is 0 Å². The van der Waals surface area contributed by atoms with E-state index in [1.807, 2.05) is 16.7 Å². The van der Waals surface area contributed by atoms with Crippen LogP contribution in [0.1, 0.15) is 34.1 Å². The predicted octanol–water partition coefficient (Wildman–Crippen LogP) is 1.93. The lowest BCUT2D eigenvalue weighted by atomic mass is 9.99. The van der Waals surface area contributed by atoms with Crippen molar-refractivity contribution in [2.24, 2.45) is 5.92 Å². The summed E-state index contributed by atoms with van der Waals surface area (Å²) in [5.74, 6) is 2.88. The normalized spacial score (nSPS) is 24.9. The molecule has 0 radical (unpaired) electrons. The van der Waals surface area contributed by atoms with E-state index in [-0.39, 0.29) is 6.04 Å². The fraction of sp³-hybridized carbons (Fsp3) is 0.917. The summed E-state index contributed by atoms with van der Waals surface area (Å²) in [4.78, 5) is 14.2. The summed E-state index contributed by atoms with van der Waals surface area (Å²) in [6, 6.07) is 0.387. The molecule has 94 valence electrons. The molecule has 3 nitrogen and oxygen atoms in total. The molecule has 0 aliphatic carbocycles. The lowest BCUT2D eigenvalue weighted by Gasteiger charge is -2.24. The van der Waals surface area contributed by atoms with Crippen LogP contribution in [-0.4, -0.2) is 41.1 Å². The van der Waals surface area contributed by atoms with Crippen LogP contribution in [0.3, 0.4) is 0 Å². The average molecular weight is 244 g/mol. The smallest absolute Gasteiger partial charge is 0.241 e. The first-order chi connectivity index (χ1) is 7.61. The largest absolute Gasteiger partial charge is 0.325 e. The van der Waals surface area contributed by atoms with Gasteiger partial charge < -0.3 is 4.90 Å². The molecular formula is C12H24N2OS. The lowest BCUT2D eigenvalue weighted by Crippen LogP contribution is -2.40. The Hall–Kier alpha value is -0.220. The van der Waals surface area contributed by atoms with Gasteiger partial charge in [-0.3, -0.25) is 10.1 Å². The Morgan fingerprint density at radius 2 is 2.19 bits per heavy atom. The molecule has 0 saturated carbocycles. The number of carbonyl (C=O) groups is 1. The quantitative estimate of drug-likeness (QED) is 0.775. The molecule has 0 bridgehead atoms. The van der Waals surface area contributed by atoms with Gasteiger partial charge in [-0.05, 0) is 18.6 Å². The molecule has 1 N–H and O–H groups in total. The molecule has 3 atom stereocenters. The van der Waals surface area contributed by atoms with Crippen molar-refractivity contribution < 1.29 is 4.79 Å². The minimum atomic E-state index is 0.0408. The second-order valence-electron chi connectivity index (χ2n) is 4.54. The van der Waals surface area contributed by atoms with E-state index in [1.165, 1.54) is 0 Å². The summed E-state index contributed by atoms with van der Waals surface area (Å²) in [6.07, 6.45) is 1.05. The van der Waals surface area contributed by atoms with Gasteiger partial charge in [-0.2, -0.15) is 11.8 Å². The molecule has 1 rings (SSSR count). The maximum Gasteiger partial charge on any atom is 0.241 e. The van der Waals surface area contributed by atoms with Crippen LogP contribution in [0.2, 0.25) is 0 Å². The van der Waals surface area contributed by atoms with Gasteiger partial charge in [0.05, 0.1) is 12.7 Å². The minimum absolute atomic E-state index is 0.0408. The van der Waals surface area contributed by atoms with Crippen LogP contribution in [0.4, 0.5) is 0 Å². The molecule has 0 aromatic rings. The fourth-order valence-corrected chi connectivity index (χ4v) is 2.73. The third-order valence-corrected chi connectivity index (χ3v) is 4.47. The zero-order chi connectivity index (χ0) is 12.1. The first kappa shape index (κ1) is 13.8. The van der Waals surface area contributed by atoms with E-state index in [0.717, 1.165) is 24.6 Å². The molecule has 1 aliphatic rings. The number of rotatable bonds is 6. The number of thioether (sulfide) groups is 1. The highest BCUT2D eigenvalue weighted by atomic mass is 32.2. The number of hydrogen-bond acceptors (Lipinski definition) is 3. The Labute approximate surface area is 103 Å². The van der Waals surface area contributed by atoms with Gasteiger partial charge in [0, 0.05) is 11.8 Å². The number of nitrogens with one attached hydrogen (secondary N) is 1. The van der Waals surface area contributed by atoms with Crippen LogP contribution in [0.5, 0.6) is 0 Å². The zero-order valence-corrected chi connectivity index (χ0v) is 11.6. The van der Waals surface area contributed by atoms with Gasteiger partial charge >= 0.3 is 0 Å². The maximum absolute atomic E-state index is 12.2. The molecule has 1 fully saturated rings. The van der Waals surface area contributed by atoms with E-state index in [9.17, 15) is 4.79 Å². The number of carbonyl (C=O) groups excluding carboxylic acids is 1. The predicted molar refractivity (Wildman–Crippen MR) is 70.6 cm³/mol. The average Bonchev–Trinajstić information content (AvgIpc) is 2.67. The zero-order valence-electron chi connectivity index (χ0n) is 10.8. The summed E-state index contributed by atoms with van der Waals surface area (Å²) in [5.41, 5.74) is 0. The van der Waals surface area contributed by atoms with Gasteiger partial charge in [0.2, 0.25) is 5.91 Å². The summed E-state index contributed by atoms with van der Waals surface area (Å²) in [5, 5.41) is 3.33. The Kier molecular flexibility index (Phi) is 5.62. The van der Waals surface area contributed by atoms with Gasteiger partial charge in [-0.15, -0.1) is 0 Å². The van der Waals surface area contributed by atoms with Crippen LogP contribution in [-0.2, 0) is 4.79 Å². The molecule has 1 saturated heterocycles. The summed E-state index contributed by atoms with van der Waals surface area (Å²) < 4.78 is 0. The van der Waals surface area contributed by atoms with Crippen molar-refractivity contribution in [2.45, 2.75) is 46.2 Å². The van der Waals surface area contributed by atoms with Crippen molar-refractivity contribution in [3.8, 4) is 0 Å². The molecule has 1 heterocycles. The monoisotopic (exact) mass is 244 g/mol. The highest BCUT2D eigenvalue weighted by molar-refractivity contribution is 7.99. The number of nitrogens with zero attached hydrogens (tertiary/aromatic N) is 1. The van der Waals surface area contributed by atoms with Crippen molar-refractivity contribution in [1.29, 1.82) is 0 Å². The number of hydrogen-bond donors (Lipinski definition) is 1. The molecule has 3 unspecified atom stereocenters. The second-order valence-corrected chi connectivity index (χ2v) is 5.86. The molecule has 1 aliphatic heterocycles. The van der Waals surface area contributed by atoms with Crippen LogP contribution in [0, 0.1) is 5.92 Å². The molecule has 1 amide bonds. The molecule has 0 aromatic carbocycles. The number of amides is 1. The summed E-state index contributed by atoms with van der Waals surface area (Å²) in [7, 11) is 0.